The molecule has 1 fully saturated rings. The monoisotopic (exact) mass is 534 g/mol. The average Bonchev–Trinajstić information content (AvgIpc) is 3.46. The van der Waals surface area contributed by atoms with Gasteiger partial charge in [-0.25, -0.2) is 0 Å². The number of carbonyl (C=O) groups excluding carboxylic acids is 3. The molecular weight excluding hydrogens is 504 g/mol. The first-order chi connectivity index (χ1) is 19.4. The van der Waals surface area contributed by atoms with Crippen molar-refractivity contribution < 1.29 is 24.2 Å². The van der Waals surface area contributed by atoms with E-state index in [2.05, 4.69) is 5.32 Å². The van der Waals surface area contributed by atoms with E-state index in [1.54, 1.807) is 89.8 Å². The number of benzene rings is 4. The lowest BCUT2D eigenvalue weighted by Gasteiger charge is -2.29. The van der Waals surface area contributed by atoms with E-state index >= 15 is 0 Å². The summed E-state index contributed by atoms with van der Waals surface area (Å²) in [6.07, 6.45) is 1.21. The van der Waals surface area contributed by atoms with Crippen LogP contribution in [0.2, 0.25) is 0 Å². The molecule has 40 heavy (non-hydrogen) atoms. The van der Waals surface area contributed by atoms with Crippen molar-refractivity contribution in [2.75, 3.05) is 13.1 Å². The molecule has 1 aliphatic rings. The van der Waals surface area contributed by atoms with Crippen LogP contribution < -0.4 is 10.1 Å². The molecule has 1 saturated heterocycles. The van der Waals surface area contributed by atoms with Crippen LogP contribution in [-0.4, -0.2) is 46.7 Å². The van der Waals surface area contributed by atoms with Gasteiger partial charge in [0.1, 0.15) is 11.5 Å². The number of nitrogens with zero attached hydrogens (tertiary/aromatic N) is 1. The summed E-state index contributed by atoms with van der Waals surface area (Å²) >= 11 is 0. The first kappa shape index (κ1) is 27.0. The Balaban J connectivity index is 1.28. The van der Waals surface area contributed by atoms with Gasteiger partial charge in [0.25, 0.3) is 5.91 Å². The van der Waals surface area contributed by atoms with Crippen molar-refractivity contribution in [1.82, 2.24) is 10.2 Å². The smallest absolute Gasteiger partial charge is 0.267 e. The number of hydrogen-bond acceptors (Lipinski definition) is 6. The lowest BCUT2D eigenvalue weighted by molar-refractivity contribution is -0.142. The Morgan fingerprint density at radius 1 is 0.800 bits per heavy atom. The number of ether oxygens (including phenoxy) is 1. The topological polar surface area (TPSA) is 95.9 Å². The Morgan fingerprint density at radius 2 is 1.38 bits per heavy atom. The largest absolute Gasteiger partial charge is 0.457 e. The molecule has 1 atom stereocenters. The maximum atomic E-state index is 13.5. The van der Waals surface area contributed by atoms with Crippen LogP contribution in [0.1, 0.15) is 34.3 Å². The predicted molar refractivity (Wildman–Crippen MR) is 151 cm³/mol. The summed E-state index contributed by atoms with van der Waals surface area (Å²) in [5.74, 6) is -0.325. The van der Waals surface area contributed by atoms with Gasteiger partial charge in [0, 0.05) is 5.56 Å². The molecule has 0 aromatic heterocycles. The molecule has 1 heterocycles. The zero-order valence-corrected chi connectivity index (χ0v) is 21.9. The minimum Gasteiger partial charge on any atom is -0.457 e. The number of carbonyl (C=O) groups is 3. The van der Waals surface area contributed by atoms with Crippen LogP contribution in [0.15, 0.2) is 115 Å². The minimum absolute atomic E-state index is 0.0166. The fourth-order valence-electron chi connectivity index (χ4n) is 5.02. The van der Waals surface area contributed by atoms with Crippen LogP contribution in [0.5, 0.6) is 11.5 Å². The third-order valence-electron chi connectivity index (χ3n) is 7.10. The van der Waals surface area contributed by atoms with Crippen LogP contribution in [-0.2, 0) is 15.2 Å². The second-order valence-electron chi connectivity index (χ2n) is 9.76. The fourth-order valence-corrected chi connectivity index (χ4v) is 5.02. The quantitative estimate of drug-likeness (QED) is 0.302. The zero-order chi connectivity index (χ0) is 28.0. The first-order valence-corrected chi connectivity index (χ1v) is 13.2. The van der Waals surface area contributed by atoms with Gasteiger partial charge in [-0.15, -0.1) is 0 Å². The molecule has 7 heteroatoms. The second kappa shape index (κ2) is 12.1. The SMILES string of the molecule is O=C(CN1CCC[C@H]1C(=O)NC(=O)C(O)(c1ccccc1)c1ccccc1)c1cccc(Oc2ccccc2)c1. The lowest BCUT2D eigenvalue weighted by Crippen LogP contribution is -2.53. The summed E-state index contributed by atoms with van der Waals surface area (Å²) in [6.45, 7) is 0.558. The molecule has 0 radical (unpaired) electrons. The molecule has 1 aliphatic heterocycles. The van der Waals surface area contributed by atoms with Crippen molar-refractivity contribution >= 4 is 17.6 Å². The number of amides is 2. The molecule has 0 bridgehead atoms. The van der Waals surface area contributed by atoms with E-state index in [4.69, 9.17) is 4.74 Å². The number of ketones is 1. The summed E-state index contributed by atoms with van der Waals surface area (Å²) in [6, 6.07) is 32.6. The third-order valence-corrected chi connectivity index (χ3v) is 7.10. The van der Waals surface area contributed by atoms with Gasteiger partial charge in [0.2, 0.25) is 5.91 Å². The van der Waals surface area contributed by atoms with Gasteiger partial charge in [0.05, 0.1) is 12.6 Å². The van der Waals surface area contributed by atoms with Crippen LogP contribution in [0.3, 0.4) is 0 Å². The molecule has 0 spiro atoms. The van der Waals surface area contributed by atoms with Crippen molar-refractivity contribution in [3.05, 3.63) is 132 Å². The Morgan fingerprint density at radius 3 is 2.00 bits per heavy atom. The van der Waals surface area contributed by atoms with Crippen molar-refractivity contribution in [1.29, 1.82) is 0 Å². The molecule has 202 valence electrons. The summed E-state index contributed by atoms with van der Waals surface area (Å²) in [7, 11) is 0. The highest BCUT2D eigenvalue weighted by Gasteiger charge is 2.42. The Kier molecular flexibility index (Phi) is 8.15. The van der Waals surface area contributed by atoms with Crippen molar-refractivity contribution in [2.24, 2.45) is 0 Å². The average molecular weight is 535 g/mol. The fraction of sp³-hybridized carbons (Fsp3) is 0.182. The molecule has 4 aromatic carbocycles. The van der Waals surface area contributed by atoms with E-state index in [9.17, 15) is 19.5 Å². The summed E-state index contributed by atoms with van der Waals surface area (Å²) in [5, 5.41) is 14.1. The predicted octanol–water partition coefficient (Wildman–Crippen LogP) is 4.70. The molecule has 0 unspecified atom stereocenters. The molecule has 2 N–H and O–H groups in total. The molecule has 7 nitrogen and oxygen atoms in total. The maximum Gasteiger partial charge on any atom is 0.267 e. The van der Waals surface area contributed by atoms with E-state index in [1.807, 2.05) is 30.3 Å². The van der Waals surface area contributed by atoms with Crippen LogP contribution >= 0.6 is 0 Å². The molecular formula is C33H30N2O5. The lowest BCUT2D eigenvalue weighted by atomic mass is 9.85. The maximum absolute atomic E-state index is 13.5. The number of hydrogen-bond donors (Lipinski definition) is 2. The normalized spacial score (nSPS) is 15.4. The van der Waals surface area contributed by atoms with Crippen LogP contribution in [0.25, 0.3) is 0 Å². The number of Topliss-reactive ketones (excluding diaryl/α,β-unsaturated/α-hetero) is 1. The van der Waals surface area contributed by atoms with Gasteiger partial charge in [-0.1, -0.05) is 91.0 Å². The van der Waals surface area contributed by atoms with E-state index in [-0.39, 0.29) is 12.3 Å². The molecule has 0 saturated carbocycles. The number of para-hydroxylation sites is 1. The Hall–Kier alpha value is -4.59. The van der Waals surface area contributed by atoms with Crippen LogP contribution in [0.4, 0.5) is 0 Å². The number of likely N-dealkylation sites (tertiary alicyclic amines) is 1. The van der Waals surface area contributed by atoms with Gasteiger partial charge < -0.3 is 9.84 Å². The second-order valence-corrected chi connectivity index (χ2v) is 9.76. The zero-order valence-electron chi connectivity index (χ0n) is 21.9. The van der Waals surface area contributed by atoms with Gasteiger partial charge in [-0.3, -0.25) is 24.6 Å². The van der Waals surface area contributed by atoms with E-state index < -0.39 is 23.5 Å². The third kappa shape index (κ3) is 5.86. The van der Waals surface area contributed by atoms with Crippen LogP contribution in [0, 0.1) is 0 Å². The molecule has 2 amide bonds. The number of nitrogens with one attached hydrogen (secondary N) is 1. The molecule has 4 aromatic rings. The highest BCUT2D eigenvalue weighted by Crippen LogP contribution is 2.30. The molecule has 0 aliphatic carbocycles. The van der Waals surface area contributed by atoms with Gasteiger partial charge in [0.15, 0.2) is 11.4 Å². The van der Waals surface area contributed by atoms with Crippen molar-refractivity contribution in [3.63, 3.8) is 0 Å². The summed E-state index contributed by atoms with van der Waals surface area (Å²) in [4.78, 5) is 41.8. The van der Waals surface area contributed by atoms with Gasteiger partial charge in [-0.05, 0) is 54.8 Å². The van der Waals surface area contributed by atoms with Gasteiger partial charge >= 0.3 is 0 Å². The number of aliphatic hydroxyl groups is 1. The number of rotatable bonds is 9. The summed E-state index contributed by atoms with van der Waals surface area (Å²) in [5.41, 5.74) is -0.889. The van der Waals surface area contributed by atoms with Crippen molar-refractivity contribution in [2.45, 2.75) is 24.5 Å². The molecule has 5 rings (SSSR count). The highest BCUT2D eigenvalue weighted by atomic mass is 16.5. The van der Waals surface area contributed by atoms with Gasteiger partial charge in [-0.2, -0.15) is 0 Å². The highest BCUT2D eigenvalue weighted by molar-refractivity contribution is 6.04. The van der Waals surface area contributed by atoms with Crippen molar-refractivity contribution in [3.8, 4) is 11.5 Å². The summed E-state index contributed by atoms with van der Waals surface area (Å²) < 4.78 is 5.86. The number of imide groups is 1. The van der Waals surface area contributed by atoms with E-state index in [1.165, 1.54) is 0 Å². The van der Waals surface area contributed by atoms with E-state index in [0.717, 1.165) is 0 Å². The standard InChI is InChI=1S/C33H30N2O5/c36-30(24-12-10-19-28(22-24)40-27-17-8-3-9-18-27)23-35-21-11-20-29(35)31(37)34-32(38)33(39,25-13-4-1-5-14-25)26-15-6-2-7-16-26/h1-10,12-19,22,29,39H,11,20-21,23H2,(H,34,37,38)/t29-/m0/s1. The Bertz CT molecular complexity index is 1440. The van der Waals surface area contributed by atoms with E-state index in [0.29, 0.717) is 47.6 Å². The minimum atomic E-state index is -2.06. The first-order valence-electron chi connectivity index (χ1n) is 13.2. The Labute approximate surface area is 233 Å².